The third kappa shape index (κ3) is 5.41. The summed E-state index contributed by atoms with van der Waals surface area (Å²) in [5.41, 5.74) is 2.47. The smallest absolute Gasteiger partial charge is 0.244 e. The van der Waals surface area contributed by atoms with Crippen molar-refractivity contribution >= 4 is 12.0 Å². The Kier molecular flexibility index (Phi) is 6.42. The summed E-state index contributed by atoms with van der Waals surface area (Å²) >= 11 is 0. The van der Waals surface area contributed by atoms with Crippen molar-refractivity contribution in [3.63, 3.8) is 0 Å². The van der Waals surface area contributed by atoms with Gasteiger partial charge >= 0.3 is 0 Å². The Bertz CT molecular complexity index is 652. The van der Waals surface area contributed by atoms with Crippen LogP contribution in [0.4, 0.5) is 0 Å². The zero-order valence-electron chi connectivity index (χ0n) is 15.0. The highest BCUT2D eigenvalue weighted by Crippen LogP contribution is 2.23. The number of benzene rings is 1. The minimum absolute atomic E-state index is 0.00755. The molecule has 2 aromatic rings. The van der Waals surface area contributed by atoms with Crippen LogP contribution in [0.3, 0.4) is 0 Å². The summed E-state index contributed by atoms with van der Waals surface area (Å²) in [5.74, 6) is 1.51. The number of hydrogen-bond acceptors (Lipinski definition) is 2. The summed E-state index contributed by atoms with van der Waals surface area (Å²) < 4.78 is 5.20. The normalized spacial score (nSPS) is 12.9. The molecule has 1 amide bonds. The van der Waals surface area contributed by atoms with Gasteiger partial charge in [0.2, 0.25) is 5.91 Å². The molecular weight excluding hydrogens is 298 g/mol. The fourth-order valence-corrected chi connectivity index (χ4v) is 2.71. The summed E-state index contributed by atoms with van der Waals surface area (Å²) in [5, 5.41) is 3.09. The molecule has 1 atom stereocenters. The van der Waals surface area contributed by atoms with E-state index in [0.717, 1.165) is 12.0 Å². The van der Waals surface area contributed by atoms with Gasteiger partial charge in [0.05, 0.1) is 12.3 Å². The highest BCUT2D eigenvalue weighted by Gasteiger charge is 2.17. The fourth-order valence-electron chi connectivity index (χ4n) is 2.71. The van der Waals surface area contributed by atoms with Gasteiger partial charge in [-0.25, -0.2) is 0 Å². The van der Waals surface area contributed by atoms with Gasteiger partial charge in [-0.2, -0.15) is 0 Å². The molecule has 24 heavy (non-hydrogen) atoms. The van der Waals surface area contributed by atoms with Crippen LogP contribution in [0, 0.1) is 11.8 Å². The molecule has 0 spiro atoms. The molecule has 1 heterocycles. The molecule has 0 radical (unpaired) electrons. The molecule has 0 fully saturated rings. The largest absolute Gasteiger partial charge is 0.465 e. The van der Waals surface area contributed by atoms with Crippen LogP contribution in [0.25, 0.3) is 6.08 Å². The van der Waals surface area contributed by atoms with E-state index in [0.29, 0.717) is 17.6 Å². The van der Waals surface area contributed by atoms with E-state index in [2.05, 4.69) is 57.3 Å². The van der Waals surface area contributed by atoms with E-state index < -0.39 is 0 Å². The minimum Gasteiger partial charge on any atom is -0.465 e. The maximum Gasteiger partial charge on any atom is 0.244 e. The molecule has 128 valence electrons. The lowest BCUT2D eigenvalue weighted by molar-refractivity contribution is -0.117. The van der Waals surface area contributed by atoms with Crippen LogP contribution < -0.4 is 5.32 Å². The molecule has 1 aromatic carbocycles. The maximum absolute atomic E-state index is 12.2. The summed E-state index contributed by atoms with van der Waals surface area (Å²) in [6.07, 6.45) is 5.86. The molecule has 0 bridgehead atoms. The summed E-state index contributed by atoms with van der Waals surface area (Å²) in [6, 6.07) is 12.2. The van der Waals surface area contributed by atoms with Crippen molar-refractivity contribution < 1.29 is 9.21 Å². The molecule has 0 saturated carbocycles. The lowest BCUT2D eigenvalue weighted by atomic mass is 9.93. The lowest BCUT2D eigenvalue weighted by Gasteiger charge is -2.22. The first-order valence-electron chi connectivity index (χ1n) is 8.56. The average molecular weight is 325 g/mol. The van der Waals surface area contributed by atoms with Crippen LogP contribution in [-0.2, 0) is 11.2 Å². The second-order valence-corrected chi connectivity index (χ2v) is 6.92. The van der Waals surface area contributed by atoms with Crippen LogP contribution in [0.1, 0.15) is 50.6 Å². The van der Waals surface area contributed by atoms with Gasteiger partial charge in [-0.15, -0.1) is 0 Å². The monoisotopic (exact) mass is 325 g/mol. The van der Waals surface area contributed by atoms with Crippen molar-refractivity contribution in [2.75, 3.05) is 0 Å². The van der Waals surface area contributed by atoms with Gasteiger partial charge in [0.25, 0.3) is 0 Å². The predicted molar refractivity (Wildman–Crippen MR) is 98.4 cm³/mol. The zero-order valence-corrected chi connectivity index (χ0v) is 15.0. The topological polar surface area (TPSA) is 42.2 Å². The second kappa shape index (κ2) is 8.53. The van der Waals surface area contributed by atoms with Crippen LogP contribution in [0.2, 0.25) is 0 Å². The number of nitrogens with one attached hydrogen (secondary N) is 1. The van der Waals surface area contributed by atoms with Crippen molar-refractivity contribution in [1.29, 1.82) is 0 Å². The summed E-state index contributed by atoms with van der Waals surface area (Å²) in [7, 11) is 0. The Morgan fingerprint density at radius 2 is 1.83 bits per heavy atom. The molecule has 3 nitrogen and oxygen atoms in total. The van der Waals surface area contributed by atoms with Gasteiger partial charge in [-0.3, -0.25) is 4.79 Å². The molecule has 0 aliphatic carbocycles. The Morgan fingerprint density at radius 3 is 2.38 bits per heavy atom. The molecule has 3 heteroatoms. The van der Waals surface area contributed by atoms with Gasteiger partial charge < -0.3 is 9.73 Å². The second-order valence-electron chi connectivity index (χ2n) is 6.92. The third-order valence-corrected chi connectivity index (χ3v) is 3.89. The summed E-state index contributed by atoms with van der Waals surface area (Å²) in [4.78, 5) is 12.2. The number of furan rings is 1. The molecule has 1 aromatic heterocycles. The van der Waals surface area contributed by atoms with Crippen molar-refractivity contribution in [1.82, 2.24) is 5.32 Å². The highest BCUT2D eigenvalue weighted by atomic mass is 16.3. The van der Waals surface area contributed by atoms with Crippen LogP contribution in [-0.4, -0.2) is 5.91 Å². The lowest BCUT2D eigenvalue weighted by Crippen LogP contribution is -2.30. The van der Waals surface area contributed by atoms with Crippen molar-refractivity contribution in [3.05, 3.63) is 65.6 Å². The SMILES string of the molecule is CC(C)Cc1ccc(C(NC(=O)/C=C/c2ccco2)C(C)C)cc1. The van der Waals surface area contributed by atoms with E-state index in [4.69, 9.17) is 4.42 Å². The maximum atomic E-state index is 12.2. The average Bonchev–Trinajstić information content (AvgIpc) is 3.04. The molecule has 0 aliphatic rings. The van der Waals surface area contributed by atoms with Crippen LogP contribution >= 0.6 is 0 Å². The van der Waals surface area contributed by atoms with Gasteiger partial charge in [0, 0.05) is 6.08 Å². The zero-order chi connectivity index (χ0) is 17.5. The molecule has 0 saturated heterocycles. The van der Waals surface area contributed by atoms with E-state index in [-0.39, 0.29) is 11.9 Å². The Balaban J connectivity index is 2.04. The number of carbonyl (C=O) groups is 1. The number of hydrogen-bond donors (Lipinski definition) is 1. The van der Waals surface area contributed by atoms with E-state index >= 15 is 0 Å². The molecule has 0 aliphatic heterocycles. The third-order valence-electron chi connectivity index (χ3n) is 3.89. The standard InChI is InChI=1S/C21H27NO2/c1-15(2)14-17-7-9-18(10-8-17)21(16(3)4)22-20(23)12-11-19-6-5-13-24-19/h5-13,15-16,21H,14H2,1-4H3,(H,22,23)/b12-11+. The first kappa shape index (κ1) is 18.1. The van der Waals surface area contributed by atoms with Crippen LogP contribution in [0.5, 0.6) is 0 Å². The van der Waals surface area contributed by atoms with E-state index in [1.807, 2.05) is 6.07 Å². The van der Waals surface area contributed by atoms with Crippen molar-refractivity contribution in [2.45, 2.75) is 40.2 Å². The van der Waals surface area contributed by atoms with E-state index in [1.165, 1.54) is 11.6 Å². The molecule has 1 unspecified atom stereocenters. The van der Waals surface area contributed by atoms with Crippen LogP contribution in [0.15, 0.2) is 53.2 Å². The number of amides is 1. The van der Waals surface area contributed by atoms with Crippen molar-refractivity contribution in [2.24, 2.45) is 11.8 Å². The van der Waals surface area contributed by atoms with Gasteiger partial charge in [0.15, 0.2) is 0 Å². The fraction of sp³-hybridized carbons (Fsp3) is 0.381. The first-order valence-corrected chi connectivity index (χ1v) is 8.56. The Hall–Kier alpha value is -2.29. The highest BCUT2D eigenvalue weighted by molar-refractivity contribution is 5.91. The van der Waals surface area contributed by atoms with Gasteiger partial charge in [-0.05, 0) is 47.6 Å². The number of carbonyl (C=O) groups excluding carboxylic acids is 1. The Morgan fingerprint density at radius 1 is 1.12 bits per heavy atom. The van der Waals surface area contributed by atoms with Gasteiger partial charge in [-0.1, -0.05) is 52.0 Å². The van der Waals surface area contributed by atoms with E-state index in [1.54, 1.807) is 18.4 Å². The first-order chi connectivity index (χ1) is 11.5. The quantitative estimate of drug-likeness (QED) is 0.728. The molecular formula is C21H27NO2. The van der Waals surface area contributed by atoms with Crippen molar-refractivity contribution in [3.8, 4) is 0 Å². The number of rotatable bonds is 7. The predicted octanol–water partition coefficient (Wildman–Crippen LogP) is 5.00. The summed E-state index contributed by atoms with van der Waals surface area (Å²) in [6.45, 7) is 8.67. The van der Waals surface area contributed by atoms with E-state index in [9.17, 15) is 4.79 Å². The Labute approximate surface area is 144 Å². The van der Waals surface area contributed by atoms with Gasteiger partial charge in [0.1, 0.15) is 5.76 Å². The molecule has 2 rings (SSSR count). The molecule has 1 N–H and O–H groups in total. The minimum atomic E-state index is -0.114.